The molecule has 0 saturated heterocycles. The number of nitrogens with one attached hydrogen (secondary N) is 2. The smallest absolute Gasteiger partial charge is 0.279 e. The highest BCUT2D eigenvalue weighted by Crippen LogP contribution is 2.24. The van der Waals surface area contributed by atoms with E-state index in [2.05, 4.69) is 33.0 Å². The number of anilines is 1. The summed E-state index contributed by atoms with van der Waals surface area (Å²) in [6.45, 7) is 8.97. The first kappa shape index (κ1) is 22.5. The van der Waals surface area contributed by atoms with Gasteiger partial charge in [0, 0.05) is 17.0 Å². The number of quaternary nitrogens is 1. The summed E-state index contributed by atoms with van der Waals surface area (Å²) in [5.41, 5.74) is 0.824. The number of nitrogens with zero attached hydrogens (tertiary/aromatic N) is 1. The molecule has 26 heavy (non-hydrogen) atoms. The molecule has 0 aromatic heterocycles. The molecule has 0 fully saturated rings. The first-order valence-corrected chi connectivity index (χ1v) is 10.6. The van der Waals surface area contributed by atoms with Gasteiger partial charge in [0.15, 0.2) is 13.1 Å². The van der Waals surface area contributed by atoms with Crippen molar-refractivity contribution >= 4 is 29.3 Å². The quantitative estimate of drug-likeness (QED) is 0.613. The average Bonchev–Trinajstić information content (AvgIpc) is 2.61. The van der Waals surface area contributed by atoms with Crippen molar-refractivity contribution in [1.29, 1.82) is 0 Å². The molecular weight excluding hydrogens is 346 g/mol. The first-order valence-electron chi connectivity index (χ1n) is 9.39. The lowest BCUT2D eigenvalue weighted by molar-refractivity contribution is -0.862. The van der Waals surface area contributed by atoms with E-state index in [1.807, 2.05) is 42.5 Å². The Morgan fingerprint density at radius 1 is 1.12 bits per heavy atom. The molecule has 0 aliphatic heterocycles. The van der Waals surface area contributed by atoms with Gasteiger partial charge in [-0.15, -0.1) is 11.8 Å². The number of hydrogen-bond donors (Lipinski definition) is 2. The fourth-order valence-corrected chi connectivity index (χ4v) is 3.50. The number of carbonyl (C=O) groups is 2. The van der Waals surface area contributed by atoms with E-state index in [0.717, 1.165) is 28.3 Å². The number of hydrogen-bond acceptors (Lipinski definition) is 3. The fourth-order valence-electron chi connectivity index (χ4n) is 2.95. The van der Waals surface area contributed by atoms with Gasteiger partial charge < -0.3 is 15.1 Å². The molecule has 0 radical (unpaired) electrons. The zero-order valence-corrected chi connectivity index (χ0v) is 17.8. The minimum absolute atomic E-state index is 0.0737. The molecule has 5 nitrogen and oxygen atoms in total. The monoisotopic (exact) mass is 380 g/mol. The summed E-state index contributed by atoms with van der Waals surface area (Å²) in [6.07, 6.45) is 3.85. The molecule has 0 bridgehead atoms. The van der Waals surface area contributed by atoms with Gasteiger partial charge >= 0.3 is 0 Å². The zero-order chi connectivity index (χ0) is 19.7. The van der Waals surface area contributed by atoms with Crippen LogP contribution in [0.4, 0.5) is 5.69 Å². The lowest BCUT2D eigenvalue weighted by Crippen LogP contribution is -3.11. The predicted molar refractivity (Wildman–Crippen MR) is 110 cm³/mol. The second-order valence-corrected chi connectivity index (χ2v) is 7.72. The molecule has 3 atom stereocenters. The van der Waals surface area contributed by atoms with Crippen molar-refractivity contribution in [2.75, 3.05) is 31.7 Å². The van der Waals surface area contributed by atoms with Crippen LogP contribution in [0.1, 0.15) is 40.5 Å². The van der Waals surface area contributed by atoms with Crippen molar-refractivity contribution in [1.82, 2.24) is 4.90 Å². The summed E-state index contributed by atoms with van der Waals surface area (Å²) in [4.78, 5) is 29.0. The maximum Gasteiger partial charge on any atom is 0.279 e. The van der Waals surface area contributed by atoms with E-state index in [4.69, 9.17) is 0 Å². The summed E-state index contributed by atoms with van der Waals surface area (Å²) in [5, 5.41) is 2.96. The lowest BCUT2D eigenvalue weighted by atomic mass is 10.1. The molecule has 6 heteroatoms. The van der Waals surface area contributed by atoms with Crippen molar-refractivity contribution < 1.29 is 14.5 Å². The second-order valence-electron chi connectivity index (χ2n) is 6.87. The molecular formula is C20H34N3O2S+. The number of carbonyl (C=O) groups excluding carboxylic acids is 2. The Morgan fingerprint density at radius 2 is 1.69 bits per heavy atom. The normalized spacial score (nSPS) is 14.4. The van der Waals surface area contributed by atoms with E-state index in [-0.39, 0.29) is 30.4 Å². The highest BCUT2D eigenvalue weighted by atomic mass is 32.2. The largest absolute Gasteiger partial charge is 0.332 e. The first-order chi connectivity index (χ1) is 12.3. The van der Waals surface area contributed by atoms with E-state index in [1.54, 1.807) is 11.8 Å². The molecule has 1 aromatic rings. The van der Waals surface area contributed by atoms with Crippen molar-refractivity contribution in [3.63, 3.8) is 0 Å². The van der Waals surface area contributed by atoms with Gasteiger partial charge in [0.2, 0.25) is 0 Å². The second kappa shape index (κ2) is 11.2. The summed E-state index contributed by atoms with van der Waals surface area (Å²) >= 11 is 1.60. The van der Waals surface area contributed by atoms with Crippen LogP contribution in [-0.2, 0) is 9.59 Å². The van der Waals surface area contributed by atoms with E-state index in [0.29, 0.717) is 6.54 Å². The molecule has 2 N–H and O–H groups in total. The number of rotatable bonds is 10. The maximum atomic E-state index is 12.8. The maximum absolute atomic E-state index is 12.8. The van der Waals surface area contributed by atoms with Gasteiger partial charge in [0.05, 0.1) is 12.7 Å². The number of likely N-dealkylation sites (N-methyl/N-ethyl adjacent to an activating group) is 1. The Bertz CT molecular complexity index is 584. The van der Waals surface area contributed by atoms with Crippen LogP contribution in [-0.4, -0.2) is 55.2 Å². The van der Waals surface area contributed by atoms with Gasteiger partial charge in [0.1, 0.15) is 0 Å². The predicted octanol–water partition coefficient (Wildman–Crippen LogP) is 2.29. The van der Waals surface area contributed by atoms with Crippen molar-refractivity contribution in [2.45, 2.75) is 57.5 Å². The van der Waals surface area contributed by atoms with Crippen LogP contribution in [0.15, 0.2) is 29.2 Å². The van der Waals surface area contributed by atoms with Gasteiger partial charge in [-0.2, -0.15) is 0 Å². The van der Waals surface area contributed by atoms with Crippen molar-refractivity contribution in [2.24, 2.45) is 0 Å². The Kier molecular flexibility index (Phi) is 9.73. The molecule has 1 unspecified atom stereocenters. The van der Waals surface area contributed by atoms with Crippen LogP contribution >= 0.6 is 11.8 Å². The van der Waals surface area contributed by atoms with Crippen LogP contribution in [0, 0.1) is 0 Å². The van der Waals surface area contributed by atoms with Gasteiger partial charge in [-0.1, -0.05) is 26.0 Å². The lowest BCUT2D eigenvalue weighted by Gasteiger charge is -2.34. The average molecular weight is 381 g/mol. The van der Waals surface area contributed by atoms with Gasteiger partial charge in [0.25, 0.3) is 11.8 Å². The van der Waals surface area contributed by atoms with Crippen LogP contribution in [0.5, 0.6) is 0 Å². The van der Waals surface area contributed by atoms with Crippen LogP contribution < -0.4 is 10.2 Å². The summed E-state index contributed by atoms with van der Waals surface area (Å²) in [7, 11) is 1.89. The van der Waals surface area contributed by atoms with Gasteiger partial charge in [-0.05, 0) is 45.1 Å². The SMILES string of the molecule is CC[C@H](C)N(C(=O)C[NH+](C)CC(=O)Nc1ccccc1SC)[C@@H](C)CC. The van der Waals surface area contributed by atoms with E-state index < -0.39 is 0 Å². The topological polar surface area (TPSA) is 53.9 Å². The van der Waals surface area contributed by atoms with Crippen molar-refractivity contribution in [3.05, 3.63) is 24.3 Å². The summed E-state index contributed by atoms with van der Waals surface area (Å²) in [6, 6.07) is 8.18. The van der Waals surface area contributed by atoms with Crippen LogP contribution in [0.3, 0.4) is 0 Å². The number of benzene rings is 1. The Balaban J connectivity index is 2.64. The summed E-state index contributed by atoms with van der Waals surface area (Å²) < 4.78 is 0. The Labute approximate surface area is 162 Å². The molecule has 0 spiro atoms. The molecule has 2 amide bonds. The number of para-hydroxylation sites is 1. The highest BCUT2D eigenvalue weighted by molar-refractivity contribution is 7.98. The van der Waals surface area contributed by atoms with Crippen molar-refractivity contribution in [3.8, 4) is 0 Å². The number of amides is 2. The molecule has 146 valence electrons. The molecule has 1 aromatic carbocycles. The number of thioether (sulfide) groups is 1. The highest BCUT2D eigenvalue weighted by Gasteiger charge is 2.26. The molecule has 0 aliphatic carbocycles. The molecule has 0 heterocycles. The third kappa shape index (κ3) is 6.65. The van der Waals surface area contributed by atoms with Crippen LogP contribution in [0.2, 0.25) is 0 Å². The third-order valence-electron chi connectivity index (χ3n) is 4.72. The van der Waals surface area contributed by atoms with E-state index in [1.165, 1.54) is 0 Å². The van der Waals surface area contributed by atoms with E-state index in [9.17, 15) is 9.59 Å². The van der Waals surface area contributed by atoms with Crippen LogP contribution in [0.25, 0.3) is 0 Å². The molecule has 0 saturated carbocycles. The molecule has 1 rings (SSSR count). The van der Waals surface area contributed by atoms with Gasteiger partial charge in [-0.3, -0.25) is 9.59 Å². The van der Waals surface area contributed by atoms with E-state index >= 15 is 0 Å². The Morgan fingerprint density at radius 3 is 2.23 bits per heavy atom. The minimum Gasteiger partial charge on any atom is -0.332 e. The standard InChI is InChI=1S/C20H33N3O2S/c1-7-15(3)23(16(4)8-2)20(25)14-22(5)13-19(24)21-17-11-9-10-12-18(17)26-6/h9-12,15-16H,7-8,13-14H2,1-6H3,(H,21,24)/p+1/t15-,16-/m0/s1. The summed E-state index contributed by atoms with van der Waals surface area (Å²) in [5.74, 6) is 0.0407. The van der Waals surface area contributed by atoms with Gasteiger partial charge in [-0.25, -0.2) is 0 Å². The molecule has 0 aliphatic rings. The third-order valence-corrected chi connectivity index (χ3v) is 5.51. The fraction of sp³-hybridized carbons (Fsp3) is 0.600. The minimum atomic E-state index is -0.0737. The zero-order valence-electron chi connectivity index (χ0n) is 17.0. The Hall–Kier alpha value is -1.53.